The Hall–Kier alpha value is -1.33. The van der Waals surface area contributed by atoms with Gasteiger partial charge in [0.1, 0.15) is 0 Å². The molecule has 0 bridgehead atoms. The van der Waals surface area contributed by atoms with Gasteiger partial charge in [0.25, 0.3) is 0 Å². The summed E-state index contributed by atoms with van der Waals surface area (Å²) in [4.78, 5) is 11.7. The standard InChI is InChI=1S/C11H15F3N2O/c1-3-9-8(7-16(2)15-9)10(17)5-4-6-11(12,13)14/h7H,3-6H2,1-2H3. The molecule has 3 nitrogen and oxygen atoms in total. The SMILES string of the molecule is CCc1nn(C)cc1C(=O)CCCC(F)(F)F. The number of carbonyl (C=O) groups excluding carboxylic acids is 1. The molecule has 17 heavy (non-hydrogen) atoms. The van der Waals surface area contributed by atoms with Crippen molar-refractivity contribution in [3.05, 3.63) is 17.5 Å². The van der Waals surface area contributed by atoms with Gasteiger partial charge in [-0.15, -0.1) is 0 Å². The number of rotatable bonds is 5. The molecular weight excluding hydrogens is 233 g/mol. The predicted octanol–water partition coefficient (Wildman–Crippen LogP) is 2.90. The lowest BCUT2D eigenvalue weighted by atomic mass is 10.1. The van der Waals surface area contributed by atoms with Crippen LogP contribution in [0.1, 0.15) is 42.2 Å². The maximum absolute atomic E-state index is 11.9. The van der Waals surface area contributed by atoms with E-state index in [2.05, 4.69) is 5.10 Å². The molecule has 0 spiro atoms. The van der Waals surface area contributed by atoms with Crippen LogP contribution in [0.4, 0.5) is 13.2 Å². The van der Waals surface area contributed by atoms with E-state index in [1.807, 2.05) is 6.92 Å². The number of aryl methyl sites for hydroxylation is 2. The second kappa shape index (κ2) is 5.33. The first kappa shape index (κ1) is 13.7. The summed E-state index contributed by atoms with van der Waals surface area (Å²) in [6.07, 6.45) is -3.20. The summed E-state index contributed by atoms with van der Waals surface area (Å²) in [5, 5.41) is 4.08. The van der Waals surface area contributed by atoms with Crippen molar-refractivity contribution in [2.45, 2.75) is 38.8 Å². The number of Topliss-reactive ketones (excluding diaryl/α,β-unsaturated/α-hetero) is 1. The van der Waals surface area contributed by atoms with Crippen LogP contribution in [0.5, 0.6) is 0 Å². The molecule has 0 aliphatic heterocycles. The molecule has 1 aromatic heterocycles. The number of ketones is 1. The Balaban J connectivity index is 2.58. The molecule has 0 saturated carbocycles. The lowest BCUT2D eigenvalue weighted by molar-refractivity contribution is -0.135. The van der Waals surface area contributed by atoms with Crippen molar-refractivity contribution in [1.82, 2.24) is 9.78 Å². The number of hydrogen-bond acceptors (Lipinski definition) is 2. The summed E-state index contributed by atoms with van der Waals surface area (Å²) < 4.78 is 37.3. The molecule has 0 aliphatic rings. The van der Waals surface area contributed by atoms with Gasteiger partial charge in [0, 0.05) is 26.1 Å². The van der Waals surface area contributed by atoms with Gasteiger partial charge in [-0.2, -0.15) is 18.3 Å². The third-order valence-electron chi connectivity index (χ3n) is 2.40. The van der Waals surface area contributed by atoms with Gasteiger partial charge in [0.15, 0.2) is 5.78 Å². The highest BCUT2D eigenvalue weighted by molar-refractivity contribution is 5.96. The number of hydrogen-bond donors (Lipinski definition) is 0. The van der Waals surface area contributed by atoms with Crippen LogP contribution in [0.3, 0.4) is 0 Å². The molecule has 1 aromatic rings. The molecule has 0 aliphatic carbocycles. The molecule has 0 N–H and O–H groups in total. The zero-order chi connectivity index (χ0) is 13.1. The van der Waals surface area contributed by atoms with Crippen molar-refractivity contribution in [1.29, 1.82) is 0 Å². The van der Waals surface area contributed by atoms with Crippen molar-refractivity contribution in [2.75, 3.05) is 0 Å². The van der Waals surface area contributed by atoms with Crippen LogP contribution in [0.15, 0.2) is 6.20 Å². The lowest BCUT2D eigenvalue weighted by Gasteiger charge is -2.04. The number of aromatic nitrogens is 2. The van der Waals surface area contributed by atoms with Gasteiger partial charge >= 0.3 is 6.18 Å². The molecule has 0 radical (unpaired) electrons. The van der Waals surface area contributed by atoms with E-state index in [1.54, 1.807) is 13.2 Å². The van der Waals surface area contributed by atoms with Gasteiger partial charge in [-0.05, 0) is 12.8 Å². The average Bonchev–Trinajstić information content (AvgIpc) is 2.57. The van der Waals surface area contributed by atoms with Gasteiger partial charge in [-0.1, -0.05) is 6.92 Å². The number of carbonyl (C=O) groups is 1. The maximum Gasteiger partial charge on any atom is 0.389 e. The van der Waals surface area contributed by atoms with Gasteiger partial charge in [0.2, 0.25) is 0 Å². The molecule has 6 heteroatoms. The third-order valence-corrected chi connectivity index (χ3v) is 2.40. The molecule has 0 amide bonds. The van der Waals surface area contributed by atoms with Crippen LogP contribution in [0.2, 0.25) is 0 Å². The van der Waals surface area contributed by atoms with E-state index < -0.39 is 12.6 Å². The first-order valence-corrected chi connectivity index (χ1v) is 5.46. The molecule has 0 aromatic carbocycles. The van der Waals surface area contributed by atoms with Crippen molar-refractivity contribution in [3.63, 3.8) is 0 Å². The Labute approximate surface area is 97.6 Å². The zero-order valence-electron chi connectivity index (χ0n) is 9.84. The molecule has 0 fully saturated rings. The Morgan fingerprint density at radius 3 is 2.65 bits per heavy atom. The molecule has 96 valence electrons. The summed E-state index contributed by atoms with van der Waals surface area (Å²) in [5.74, 6) is -0.265. The summed E-state index contributed by atoms with van der Waals surface area (Å²) in [7, 11) is 1.69. The van der Waals surface area contributed by atoms with Crippen LogP contribution in [0.25, 0.3) is 0 Å². The van der Waals surface area contributed by atoms with Crippen molar-refractivity contribution >= 4 is 5.78 Å². The molecule has 0 unspecified atom stereocenters. The van der Waals surface area contributed by atoms with Gasteiger partial charge in [0.05, 0.1) is 11.3 Å². The summed E-state index contributed by atoms with van der Waals surface area (Å²) >= 11 is 0. The normalized spacial score (nSPS) is 11.8. The maximum atomic E-state index is 11.9. The monoisotopic (exact) mass is 248 g/mol. The Kier molecular flexibility index (Phi) is 4.31. The molecule has 1 heterocycles. The largest absolute Gasteiger partial charge is 0.389 e. The summed E-state index contributed by atoms with van der Waals surface area (Å²) in [6, 6.07) is 0. The van der Waals surface area contributed by atoms with Crippen LogP contribution >= 0.6 is 0 Å². The second-order valence-corrected chi connectivity index (χ2v) is 3.91. The second-order valence-electron chi connectivity index (χ2n) is 3.91. The van der Waals surface area contributed by atoms with Gasteiger partial charge < -0.3 is 0 Å². The van der Waals surface area contributed by atoms with Crippen LogP contribution in [0, 0.1) is 0 Å². The summed E-state index contributed by atoms with van der Waals surface area (Å²) in [5.41, 5.74) is 1.08. The lowest BCUT2D eigenvalue weighted by Crippen LogP contribution is -2.09. The average molecular weight is 248 g/mol. The Bertz CT molecular complexity index is 396. The summed E-state index contributed by atoms with van der Waals surface area (Å²) in [6.45, 7) is 1.86. The minimum Gasteiger partial charge on any atom is -0.294 e. The van der Waals surface area contributed by atoms with Crippen molar-refractivity contribution < 1.29 is 18.0 Å². The predicted molar refractivity (Wildman–Crippen MR) is 56.8 cm³/mol. The highest BCUT2D eigenvalue weighted by Gasteiger charge is 2.27. The smallest absolute Gasteiger partial charge is 0.294 e. The zero-order valence-corrected chi connectivity index (χ0v) is 9.84. The fourth-order valence-electron chi connectivity index (χ4n) is 1.61. The first-order valence-electron chi connectivity index (χ1n) is 5.46. The Morgan fingerprint density at radius 2 is 2.12 bits per heavy atom. The fraction of sp³-hybridized carbons (Fsp3) is 0.636. The van der Waals surface area contributed by atoms with Crippen LogP contribution in [-0.2, 0) is 13.5 Å². The van der Waals surface area contributed by atoms with Crippen LogP contribution < -0.4 is 0 Å². The number of alkyl halides is 3. The van der Waals surface area contributed by atoms with E-state index in [1.165, 1.54) is 4.68 Å². The number of halogens is 3. The quantitative estimate of drug-likeness (QED) is 0.751. The minimum atomic E-state index is -4.19. The Morgan fingerprint density at radius 1 is 1.47 bits per heavy atom. The topological polar surface area (TPSA) is 34.9 Å². The van der Waals surface area contributed by atoms with E-state index in [4.69, 9.17) is 0 Å². The molecular formula is C11H15F3N2O. The van der Waals surface area contributed by atoms with Crippen molar-refractivity contribution in [3.8, 4) is 0 Å². The van der Waals surface area contributed by atoms with Gasteiger partial charge in [-0.25, -0.2) is 0 Å². The number of nitrogens with zero attached hydrogens (tertiary/aromatic N) is 2. The van der Waals surface area contributed by atoms with E-state index in [9.17, 15) is 18.0 Å². The molecule has 0 saturated heterocycles. The van der Waals surface area contributed by atoms with E-state index in [0.29, 0.717) is 17.7 Å². The highest BCUT2D eigenvalue weighted by Crippen LogP contribution is 2.23. The van der Waals surface area contributed by atoms with Crippen LogP contribution in [-0.4, -0.2) is 21.7 Å². The van der Waals surface area contributed by atoms with Gasteiger partial charge in [-0.3, -0.25) is 9.48 Å². The van der Waals surface area contributed by atoms with Crippen molar-refractivity contribution in [2.24, 2.45) is 7.05 Å². The fourth-order valence-corrected chi connectivity index (χ4v) is 1.61. The van der Waals surface area contributed by atoms with E-state index in [0.717, 1.165) is 0 Å². The molecule has 1 rings (SSSR count). The first-order chi connectivity index (χ1) is 7.83. The third kappa shape index (κ3) is 4.20. The molecule has 0 atom stereocenters. The van der Waals surface area contributed by atoms with E-state index in [-0.39, 0.29) is 18.6 Å². The highest BCUT2D eigenvalue weighted by atomic mass is 19.4. The minimum absolute atomic E-state index is 0.0851. The van der Waals surface area contributed by atoms with E-state index >= 15 is 0 Å².